The minimum Gasteiger partial charge on any atom is -0.224 e. The molecule has 6 nitrogen and oxygen atoms in total. The number of rotatable bonds is 5. The fourth-order valence-electron chi connectivity index (χ4n) is 2.66. The van der Waals surface area contributed by atoms with Crippen LogP contribution in [0.4, 0.5) is 0 Å². The predicted molar refractivity (Wildman–Crippen MR) is 148 cm³/mol. The van der Waals surface area contributed by atoms with Gasteiger partial charge in [0.15, 0.2) is 19.7 Å². The summed E-state index contributed by atoms with van der Waals surface area (Å²) in [4.78, 5) is 1.54. The van der Waals surface area contributed by atoms with Crippen LogP contribution in [0, 0.1) is 0 Å². The van der Waals surface area contributed by atoms with Gasteiger partial charge in [-0.05, 0) is 50.1 Å². The van der Waals surface area contributed by atoms with Gasteiger partial charge in [0.1, 0.15) is 0 Å². The lowest BCUT2D eigenvalue weighted by Crippen LogP contribution is -2.03. The summed E-state index contributed by atoms with van der Waals surface area (Å²) >= 11 is 0. The van der Waals surface area contributed by atoms with E-state index in [2.05, 4.69) is 6.58 Å². The average Bonchev–Trinajstić information content (AvgIpc) is 3.03. The molecule has 0 unspecified atom stereocenters. The van der Waals surface area contributed by atoms with Crippen molar-refractivity contribution in [3.05, 3.63) is 87.0 Å². The van der Waals surface area contributed by atoms with Gasteiger partial charge in [-0.15, -0.1) is 0 Å². The molecule has 0 aromatic heterocycles. The molecule has 0 radical (unpaired) electrons. The quantitative estimate of drug-likeness (QED) is 0.467. The second kappa shape index (κ2) is 13.6. The Bertz CT molecular complexity index is 1380. The largest absolute Gasteiger partial charge is 0.224 e. The zero-order valence-electron chi connectivity index (χ0n) is 20.1. The second-order valence-corrected chi connectivity index (χ2v) is 14.5. The third-order valence-electron chi connectivity index (χ3n) is 4.94. The Labute approximate surface area is 211 Å². The molecule has 3 rings (SSSR count). The second-order valence-electron chi connectivity index (χ2n) is 7.47. The predicted octanol–water partition coefficient (Wildman–Crippen LogP) is 5.91. The molecule has 9 heteroatoms. The van der Waals surface area contributed by atoms with Crippen LogP contribution in [0.2, 0.25) is 0 Å². The standard InChI is InChI=1S/C11H14O2S.C9H8O2S.C5H10O2S.CH4/c1-3-14(12,13)10(2)9-11-7-5-4-6-8-11;1-7-6-8-4-2-3-5-9(8)12(7,10)11;1-4-8(6,7)5(2)3;/h4-9H,3H2,1-2H3;2-6H,1H3;2,4H2,1,3H3;1H4/b10-9+;;;. The van der Waals surface area contributed by atoms with Crippen molar-refractivity contribution in [2.45, 2.75) is 46.9 Å². The zero-order chi connectivity index (χ0) is 26.2. The van der Waals surface area contributed by atoms with Gasteiger partial charge in [-0.3, -0.25) is 0 Å². The maximum atomic E-state index is 11.5. The van der Waals surface area contributed by atoms with Crippen molar-refractivity contribution in [1.29, 1.82) is 0 Å². The van der Waals surface area contributed by atoms with Crippen molar-refractivity contribution in [1.82, 2.24) is 0 Å². The van der Waals surface area contributed by atoms with Gasteiger partial charge < -0.3 is 0 Å². The first-order valence-corrected chi connectivity index (χ1v) is 15.3. The molecule has 0 bridgehead atoms. The number of sulfone groups is 3. The van der Waals surface area contributed by atoms with Crippen LogP contribution in [-0.4, -0.2) is 36.8 Å². The van der Waals surface area contributed by atoms with Crippen molar-refractivity contribution in [2.24, 2.45) is 0 Å². The summed E-state index contributed by atoms with van der Waals surface area (Å²) in [6.45, 7) is 11.3. The molecular weight excluding hydrogens is 504 g/mol. The SMILES string of the molecule is C.C=C(C)S(=O)(=O)CC.CC1=Cc2ccccc2S1(=O)=O.CCS(=O)(=O)/C(C)=C/c1ccccc1. The van der Waals surface area contributed by atoms with E-state index >= 15 is 0 Å². The third kappa shape index (κ3) is 9.23. The number of fused-ring (bicyclic) bond motifs is 1. The molecule has 1 heterocycles. The summed E-state index contributed by atoms with van der Waals surface area (Å²) in [5.41, 5.74) is 1.72. The first-order chi connectivity index (χ1) is 15.7. The van der Waals surface area contributed by atoms with Gasteiger partial charge in [-0.25, -0.2) is 25.3 Å². The third-order valence-corrected chi connectivity index (χ3v) is 10.5. The number of hydrogen-bond donors (Lipinski definition) is 0. The van der Waals surface area contributed by atoms with Gasteiger partial charge in [-0.2, -0.15) is 0 Å². The van der Waals surface area contributed by atoms with Gasteiger partial charge in [-0.1, -0.05) is 76.4 Å². The normalized spacial score (nSPS) is 14.1. The van der Waals surface area contributed by atoms with E-state index in [4.69, 9.17) is 0 Å². The number of hydrogen-bond acceptors (Lipinski definition) is 6. The van der Waals surface area contributed by atoms with Crippen LogP contribution in [0.25, 0.3) is 12.2 Å². The molecule has 0 saturated carbocycles. The molecule has 194 valence electrons. The van der Waals surface area contributed by atoms with Gasteiger partial charge in [0.2, 0.25) is 9.84 Å². The highest BCUT2D eigenvalue weighted by atomic mass is 32.2. The lowest BCUT2D eigenvalue weighted by atomic mass is 10.2. The van der Waals surface area contributed by atoms with E-state index in [9.17, 15) is 25.3 Å². The molecule has 35 heavy (non-hydrogen) atoms. The van der Waals surface area contributed by atoms with Crippen molar-refractivity contribution >= 4 is 41.7 Å². The van der Waals surface area contributed by atoms with Crippen LogP contribution in [0.5, 0.6) is 0 Å². The lowest BCUT2D eigenvalue weighted by molar-refractivity contribution is 0.601. The molecule has 0 spiro atoms. The Morgan fingerprint density at radius 2 is 1.34 bits per heavy atom. The summed E-state index contributed by atoms with van der Waals surface area (Å²) in [5, 5.41) is 0. The Morgan fingerprint density at radius 1 is 0.857 bits per heavy atom. The maximum Gasteiger partial charge on any atom is 0.203 e. The Kier molecular flexibility index (Phi) is 12.6. The zero-order valence-corrected chi connectivity index (χ0v) is 22.6. The Hall–Kier alpha value is -2.49. The molecule has 0 fully saturated rings. The number of benzene rings is 2. The summed E-state index contributed by atoms with van der Waals surface area (Å²) in [6, 6.07) is 16.5. The molecule has 0 amide bonds. The summed E-state index contributed by atoms with van der Waals surface area (Å²) in [5.74, 6) is 0.310. The van der Waals surface area contributed by atoms with Crippen LogP contribution in [0.15, 0.2) is 80.8 Å². The average molecular weight is 541 g/mol. The first-order valence-electron chi connectivity index (χ1n) is 10.6. The van der Waals surface area contributed by atoms with E-state index in [-0.39, 0.29) is 23.8 Å². The molecule has 2 aromatic carbocycles. The van der Waals surface area contributed by atoms with Crippen LogP contribution >= 0.6 is 0 Å². The van der Waals surface area contributed by atoms with E-state index in [1.165, 1.54) is 6.92 Å². The van der Waals surface area contributed by atoms with Gasteiger partial charge in [0, 0.05) is 14.7 Å². The van der Waals surface area contributed by atoms with Crippen LogP contribution in [0.3, 0.4) is 0 Å². The van der Waals surface area contributed by atoms with Crippen molar-refractivity contribution in [2.75, 3.05) is 11.5 Å². The van der Waals surface area contributed by atoms with E-state index in [0.29, 0.717) is 14.7 Å². The monoisotopic (exact) mass is 540 g/mol. The van der Waals surface area contributed by atoms with Crippen molar-refractivity contribution < 1.29 is 25.3 Å². The smallest absolute Gasteiger partial charge is 0.203 e. The van der Waals surface area contributed by atoms with Crippen molar-refractivity contribution in [3.8, 4) is 0 Å². The summed E-state index contributed by atoms with van der Waals surface area (Å²) in [7, 11) is -9.09. The lowest BCUT2D eigenvalue weighted by Gasteiger charge is -2.00. The summed E-state index contributed by atoms with van der Waals surface area (Å²) in [6.07, 6.45) is 3.39. The van der Waals surface area contributed by atoms with Crippen molar-refractivity contribution in [3.63, 3.8) is 0 Å². The fraction of sp³-hybridized carbons (Fsp3) is 0.308. The highest BCUT2D eigenvalue weighted by Gasteiger charge is 2.25. The topological polar surface area (TPSA) is 102 Å². The number of allylic oxidation sites excluding steroid dienone is 3. The van der Waals surface area contributed by atoms with Crippen LogP contribution in [-0.2, 0) is 29.5 Å². The molecule has 0 atom stereocenters. The van der Waals surface area contributed by atoms with E-state index in [1.807, 2.05) is 42.5 Å². The minimum absolute atomic E-state index is 0. The Balaban J connectivity index is 0.000000507. The van der Waals surface area contributed by atoms with Gasteiger partial charge in [0.05, 0.1) is 16.4 Å². The molecular formula is C26H36O6S3. The fourth-order valence-corrected chi connectivity index (χ4v) is 5.25. The maximum absolute atomic E-state index is 11.5. The summed E-state index contributed by atoms with van der Waals surface area (Å²) < 4.78 is 67.1. The van der Waals surface area contributed by atoms with E-state index in [0.717, 1.165) is 11.1 Å². The molecule has 1 aliphatic heterocycles. The molecule has 0 aliphatic carbocycles. The van der Waals surface area contributed by atoms with Gasteiger partial charge >= 0.3 is 0 Å². The molecule has 0 saturated heterocycles. The first kappa shape index (κ1) is 32.5. The van der Waals surface area contributed by atoms with E-state index in [1.54, 1.807) is 52.0 Å². The highest BCUT2D eigenvalue weighted by molar-refractivity contribution is 7.96. The van der Waals surface area contributed by atoms with E-state index < -0.39 is 29.5 Å². The highest BCUT2D eigenvalue weighted by Crippen LogP contribution is 2.31. The molecule has 1 aliphatic rings. The molecule has 2 aromatic rings. The minimum atomic E-state index is -3.12. The Morgan fingerprint density at radius 3 is 1.77 bits per heavy atom. The molecule has 0 N–H and O–H groups in total. The van der Waals surface area contributed by atoms with Crippen LogP contribution in [0.1, 0.15) is 53.2 Å². The van der Waals surface area contributed by atoms with Crippen LogP contribution < -0.4 is 0 Å². The van der Waals surface area contributed by atoms with Gasteiger partial charge in [0.25, 0.3) is 0 Å².